The summed E-state index contributed by atoms with van der Waals surface area (Å²) in [5.74, 6) is 0. The molecule has 0 saturated heterocycles. The Balaban J connectivity index is 0.00000112. The molecular weight excluding hydrogens is 362 g/mol. The Labute approximate surface area is 105 Å². The molecule has 1 aromatic rings. The molecule has 0 N–H and O–H groups in total. The van der Waals surface area contributed by atoms with Crippen molar-refractivity contribution in [3.05, 3.63) is 35.9 Å². The third-order valence-electron chi connectivity index (χ3n) is 2.66. The fraction of sp³-hybridized carbons (Fsp3) is 0.462. The van der Waals surface area contributed by atoms with Crippen LogP contribution in [0.3, 0.4) is 0 Å². The molecular formula is C13H16IrN-. The average Bonchev–Trinajstić information content (AvgIpc) is 2.18. The van der Waals surface area contributed by atoms with E-state index in [9.17, 15) is 0 Å². The van der Waals surface area contributed by atoms with Gasteiger partial charge in [-0.25, -0.2) is 0 Å². The van der Waals surface area contributed by atoms with E-state index >= 15 is 0 Å². The van der Waals surface area contributed by atoms with Crippen LogP contribution < -0.4 is 0 Å². The van der Waals surface area contributed by atoms with Crippen LogP contribution in [0, 0.1) is 6.07 Å². The summed E-state index contributed by atoms with van der Waals surface area (Å²) < 4.78 is 0. The van der Waals surface area contributed by atoms with E-state index in [2.05, 4.69) is 32.0 Å². The van der Waals surface area contributed by atoms with Crippen LogP contribution in [-0.4, -0.2) is 11.3 Å². The molecule has 1 aliphatic rings. The molecule has 2 heteroatoms. The van der Waals surface area contributed by atoms with E-state index in [1.165, 1.54) is 24.1 Å². The second kappa shape index (κ2) is 5.05. The Morgan fingerprint density at radius 3 is 2.73 bits per heavy atom. The van der Waals surface area contributed by atoms with Crippen molar-refractivity contribution in [1.29, 1.82) is 0 Å². The molecule has 1 radical (unpaired) electrons. The third-order valence-corrected chi connectivity index (χ3v) is 2.66. The van der Waals surface area contributed by atoms with Gasteiger partial charge >= 0.3 is 0 Å². The first kappa shape index (κ1) is 12.6. The van der Waals surface area contributed by atoms with Crippen LogP contribution in [0.1, 0.15) is 38.7 Å². The molecule has 1 nitrogen and oxygen atoms in total. The molecule has 2 rings (SSSR count). The largest absolute Gasteiger partial charge is 0.331 e. The smallest absolute Gasteiger partial charge is 0.0449 e. The van der Waals surface area contributed by atoms with E-state index in [0.29, 0.717) is 0 Å². The topological polar surface area (TPSA) is 12.4 Å². The van der Waals surface area contributed by atoms with Gasteiger partial charge in [0.2, 0.25) is 0 Å². The van der Waals surface area contributed by atoms with Crippen molar-refractivity contribution in [2.45, 2.75) is 38.6 Å². The number of aliphatic imine (C=N–C) groups is 1. The minimum absolute atomic E-state index is 0. The molecule has 0 fully saturated rings. The molecule has 0 unspecified atom stereocenters. The van der Waals surface area contributed by atoms with Gasteiger partial charge in [-0.1, -0.05) is 6.42 Å². The molecule has 83 valence electrons. The zero-order valence-corrected chi connectivity index (χ0v) is 11.6. The van der Waals surface area contributed by atoms with Gasteiger partial charge in [0.1, 0.15) is 0 Å². The molecule has 0 aliphatic carbocycles. The van der Waals surface area contributed by atoms with Crippen molar-refractivity contribution in [3.8, 4) is 0 Å². The van der Waals surface area contributed by atoms with Gasteiger partial charge in [-0.05, 0) is 32.4 Å². The van der Waals surface area contributed by atoms with Gasteiger partial charge in [0.15, 0.2) is 0 Å². The number of hydrogen-bond donors (Lipinski definition) is 0. The van der Waals surface area contributed by atoms with Gasteiger partial charge in [0.25, 0.3) is 0 Å². The van der Waals surface area contributed by atoms with Crippen molar-refractivity contribution in [2.75, 3.05) is 0 Å². The maximum absolute atomic E-state index is 4.77. The SMILES string of the molecule is CC1(C)CCCC(c2[c-]cccc2)=N1.[Ir]. The van der Waals surface area contributed by atoms with E-state index in [1.807, 2.05) is 12.1 Å². The normalized spacial score (nSPS) is 18.9. The van der Waals surface area contributed by atoms with Crippen molar-refractivity contribution >= 4 is 5.71 Å². The van der Waals surface area contributed by atoms with Crippen molar-refractivity contribution in [3.63, 3.8) is 0 Å². The van der Waals surface area contributed by atoms with Gasteiger partial charge in [0.05, 0.1) is 0 Å². The Bertz CT molecular complexity index is 341. The van der Waals surface area contributed by atoms with E-state index < -0.39 is 0 Å². The van der Waals surface area contributed by atoms with Crippen LogP contribution in [0.15, 0.2) is 29.3 Å². The first-order valence-electron chi connectivity index (χ1n) is 5.23. The summed E-state index contributed by atoms with van der Waals surface area (Å²) >= 11 is 0. The van der Waals surface area contributed by atoms with Crippen LogP contribution >= 0.6 is 0 Å². The monoisotopic (exact) mass is 379 g/mol. The summed E-state index contributed by atoms with van der Waals surface area (Å²) in [6.07, 6.45) is 3.54. The van der Waals surface area contributed by atoms with Crippen LogP contribution in [0.5, 0.6) is 0 Å². The van der Waals surface area contributed by atoms with Crippen LogP contribution in [0.25, 0.3) is 0 Å². The Morgan fingerprint density at radius 2 is 2.13 bits per heavy atom. The van der Waals surface area contributed by atoms with Crippen molar-refractivity contribution in [1.82, 2.24) is 0 Å². The first-order chi connectivity index (χ1) is 6.67. The minimum Gasteiger partial charge on any atom is -0.331 e. The standard InChI is InChI=1S/C13H16N.Ir/c1-13(2)10-6-9-12(14-13)11-7-4-3-5-8-11;/h3-5,7H,6,9-10H2,1-2H3;/q-1;. The molecule has 0 bridgehead atoms. The maximum Gasteiger partial charge on any atom is 0.0449 e. The van der Waals surface area contributed by atoms with E-state index in [-0.39, 0.29) is 25.6 Å². The fourth-order valence-corrected chi connectivity index (χ4v) is 1.93. The van der Waals surface area contributed by atoms with E-state index in [4.69, 9.17) is 4.99 Å². The van der Waals surface area contributed by atoms with E-state index in [0.717, 1.165) is 6.42 Å². The summed E-state index contributed by atoms with van der Waals surface area (Å²) in [5.41, 5.74) is 2.51. The number of rotatable bonds is 1. The Kier molecular flexibility index (Phi) is 4.24. The molecule has 0 atom stereocenters. The first-order valence-corrected chi connectivity index (χ1v) is 5.23. The zero-order valence-electron chi connectivity index (χ0n) is 9.21. The van der Waals surface area contributed by atoms with Gasteiger partial charge in [-0.15, -0.1) is 35.9 Å². The molecule has 1 aliphatic heterocycles. The molecule has 0 spiro atoms. The summed E-state index contributed by atoms with van der Waals surface area (Å²) in [7, 11) is 0. The second-order valence-electron chi connectivity index (χ2n) is 4.50. The predicted octanol–water partition coefficient (Wildman–Crippen LogP) is 3.24. The van der Waals surface area contributed by atoms with Crippen molar-refractivity contribution in [2.24, 2.45) is 4.99 Å². The van der Waals surface area contributed by atoms with Gasteiger partial charge in [-0.2, -0.15) is 0 Å². The summed E-state index contributed by atoms with van der Waals surface area (Å²) in [5, 5.41) is 0. The quantitative estimate of drug-likeness (QED) is 0.666. The predicted molar refractivity (Wildman–Crippen MR) is 59.7 cm³/mol. The second-order valence-corrected chi connectivity index (χ2v) is 4.50. The number of hydrogen-bond acceptors (Lipinski definition) is 1. The summed E-state index contributed by atoms with van der Waals surface area (Å²) in [6, 6.07) is 11.3. The number of benzene rings is 1. The Morgan fingerprint density at radius 1 is 1.33 bits per heavy atom. The van der Waals surface area contributed by atoms with Gasteiger partial charge in [-0.3, -0.25) is 0 Å². The summed E-state index contributed by atoms with van der Waals surface area (Å²) in [4.78, 5) is 4.77. The fourth-order valence-electron chi connectivity index (χ4n) is 1.93. The van der Waals surface area contributed by atoms with Gasteiger partial charge in [0, 0.05) is 25.6 Å². The van der Waals surface area contributed by atoms with E-state index in [1.54, 1.807) is 0 Å². The molecule has 0 aromatic heterocycles. The minimum atomic E-state index is 0. The zero-order chi connectivity index (χ0) is 10.0. The van der Waals surface area contributed by atoms with Gasteiger partial charge < -0.3 is 4.99 Å². The van der Waals surface area contributed by atoms with Crippen LogP contribution in [0.4, 0.5) is 0 Å². The third kappa shape index (κ3) is 3.25. The molecule has 0 amide bonds. The average molecular weight is 378 g/mol. The van der Waals surface area contributed by atoms with Crippen LogP contribution in [-0.2, 0) is 20.1 Å². The van der Waals surface area contributed by atoms with Crippen LogP contribution in [0.2, 0.25) is 0 Å². The molecule has 15 heavy (non-hydrogen) atoms. The molecule has 0 saturated carbocycles. The number of nitrogens with zero attached hydrogens (tertiary/aromatic N) is 1. The maximum atomic E-state index is 4.77. The Hall–Kier alpha value is -0.461. The van der Waals surface area contributed by atoms with Crippen molar-refractivity contribution < 1.29 is 20.1 Å². The molecule has 1 aromatic carbocycles. The molecule has 1 heterocycles. The summed E-state index contributed by atoms with van der Waals surface area (Å²) in [6.45, 7) is 4.41.